The van der Waals surface area contributed by atoms with E-state index in [0.717, 1.165) is 24.0 Å². The third-order valence-electron chi connectivity index (χ3n) is 3.38. The molecule has 0 unspecified atom stereocenters. The standard InChI is InChI=1S/C13H17NO2/c1-2-6-11(7-3-1)10-14-15-12-8-4-5-9-13(12)16-14/h4-5,8-9,11H,1-3,6-7,10H2. The largest absolute Gasteiger partial charge is 0.367 e. The summed E-state index contributed by atoms with van der Waals surface area (Å²) >= 11 is 0. The number of hydroxylamine groups is 2. The Bertz CT molecular complexity index is 336. The molecule has 0 atom stereocenters. The molecule has 3 rings (SSSR count). The molecule has 0 bridgehead atoms. The van der Waals surface area contributed by atoms with E-state index in [4.69, 9.17) is 9.68 Å². The minimum Gasteiger partial charge on any atom is -0.367 e. The Hall–Kier alpha value is -1.22. The fraction of sp³-hybridized carbons (Fsp3) is 0.538. The zero-order valence-electron chi connectivity index (χ0n) is 9.39. The minimum absolute atomic E-state index is 0.725. The number of rotatable bonds is 2. The fourth-order valence-corrected chi connectivity index (χ4v) is 2.49. The van der Waals surface area contributed by atoms with Gasteiger partial charge in [0.05, 0.1) is 6.54 Å². The summed E-state index contributed by atoms with van der Waals surface area (Å²) in [6.07, 6.45) is 6.70. The van der Waals surface area contributed by atoms with Gasteiger partial charge in [-0.1, -0.05) is 31.4 Å². The lowest BCUT2D eigenvalue weighted by molar-refractivity contribution is -0.233. The molecule has 1 aromatic carbocycles. The Morgan fingerprint density at radius 3 is 2.25 bits per heavy atom. The highest BCUT2D eigenvalue weighted by Gasteiger charge is 2.26. The van der Waals surface area contributed by atoms with Crippen LogP contribution in [-0.4, -0.2) is 11.8 Å². The van der Waals surface area contributed by atoms with Gasteiger partial charge in [-0.2, -0.15) is 0 Å². The van der Waals surface area contributed by atoms with E-state index < -0.39 is 0 Å². The van der Waals surface area contributed by atoms with Crippen LogP contribution < -0.4 is 9.68 Å². The van der Waals surface area contributed by atoms with Gasteiger partial charge >= 0.3 is 0 Å². The van der Waals surface area contributed by atoms with Gasteiger partial charge in [-0.05, 0) is 30.9 Å². The van der Waals surface area contributed by atoms with Crippen LogP contribution >= 0.6 is 0 Å². The van der Waals surface area contributed by atoms with E-state index in [1.807, 2.05) is 24.3 Å². The first-order valence-corrected chi connectivity index (χ1v) is 6.14. The van der Waals surface area contributed by atoms with E-state index in [-0.39, 0.29) is 0 Å². The Morgan fingerprint density at radius 1 is 1.00 bits per heavy atom. The summed E-state index contributed by atoms with van der Waals surface area (Å²) in [5.74, 6) is 2.39. The molecular formula is C13H17NO2. The number of nitrogens with zero attached hydrogens (tertiary/aromatic N) is 1. The lowest BCUT2D eigenvalue weighted by Gasteiger charge is -2.24. The van der Waals surface area contributed by atoms with Crippen LogP contribution in [0.3, 0.4) is 0 Å². The average Bonchev–Trinajstić information content (AvgIpc) is 2.72. The van der Waals surface area contributed by atoms with Crippen molar-refractivity contribution in [3.63, 3.8) is 0 Å². The number of hydrogen-bond donors (Lipinski definition) is 0. The van der Waals surface area contributed by atoms with Crippen molar-refractivity contribution in [2.24, 2.45) is 5.92 Å². The van der Waals surface area contributed by atoms with Crippen molar-refractivity contribution in [2.75, 3.05) is 6.54 Å². The quantitative estimate of drug-likeness (QED) is 0.762. The second-order valence-electron chi connectivity index (χ2n) is 4.65. The van der Waals surface area contributed by atoms with E-state index in [1.165, 1.54) is 32.1 Å². The van der Waals surface area contributed by atoms with Gasteiger partial charge in [-0.25, -0.2) is 0 Å². The predicted molar refractivity (Wildman–Crippen MR) is 61.0 cm³/mol. The molecule has 0 spiro atoms. The molecule has 0 amide bonds. The van der Waals surface area contributed by atoms with Crippen molar-refractivity contribution in [2.45, 2.75) is 32.1 Å². The van der Waals surface area contributed by atoms with E-state index in [0.29, 0.717) is 0 Å². The zero-order valence-corrected chi connectivity index (χ0v) is 9.39. The van der Waals surface area contributed by atoms with Crippen LogP contribution in [0.1, 0.15) is 32.1 Å². The third kappa shape index (κ3) is 2.00. The van der Waals surface area contributed by atoms with Crippen molar-refractivity contribution < 1.29 is 9.68 Å². The lowest BCUT2D eigenvalue weighted by Crippen LogP contribution is -2.32. The molecule has 1 heterocycles. The highest BCUT2D eigenvalue weighted by Crippen LogP contribution is 2.34. The predicted octanol–water partition coefficient (Wildman–Crippen LogP) is 3.17. The van der Waals surface area contributed by atoms with Crippen molar-refractivity contribution in [1.29, 1.82) is 0 Å². The van der Waals surface area contributed by atoms with Crippen LogP contribution in [0.15, 0.2) is 24.3 Å². The molecule has 3 nitrogen and oxygen atoms in total. The van der Waals surface area contributed by atoms with Gasteiger partial charge in [-0.15, -0.1) is 0 Å². The normalized spacial score (nSPS) is 21.2. The molecule has 0 aromatic heterocycles. The fourth-order valence-electron chi connectivity index (χ4n) is 2.49. The van der Waals surface area contributed by atoms with Crippen molar-refractivity contribution in [1.82, 2.24) is 5.23 Å². The zero-order chi connectivity index (χ0) is 10.8. The maximum atomic E-state index is 5.62. The van der Waals surface area contributed by atoms with Gasteiger partial charge < -0.3 is 9.68 Å². The smallest absolute Gasteiger partial charge is 0.196 e. The number of benzene rings is 1. The second-order valence-corrected chi connectivity index (χ2v) is 4.65. The Labute approximate surface area is 95.9 Å². The SMILES string of the molecule is c1ccc2c(c1)ON(CC1CCCCC1)O2. The second kappa shape index (κ2) is 4.34. The monoisotopic (exact) mass is 219 g/mol. The summed E-state index contributed by atoms with van der Waals surface area (Å²) < 4.78 is 0. The van der Waals surface area contributed by atoms with E-state index in [9.17, 15) is 0 Å². The van der Waals surface area contributed by atoms with E-state index >= 15 is 0 Å². The summed E-state index contributed by atoms with van der Waals surface area (Å²) in [5, 5.41) is 1.64. The Balaban J connectivity index is 1.59. The first-order chi connectivity index (χ1) is 7.92. The molecular weight excluding hydrogens is 202 g/mol. The number of fused-ring (bicyclic) bond motifs is 1. The van der Waals surface area contributed by atoms with Crippen LogP contribution in [0, 0.1) is 5.92 Å². The van der Waals surface area contributed by atoms with Gasteiger partial charge in [0.25, 0.3) is 0 Å². The van der Waals surface area contributed by atoms with E-state index in [2.05, 4.69) is 0 Å². The highest BCUT2D eigenvalue weighted by atomic mass is 17.0. The number of para-hydroxylation sites is 2. The lowest BCUT2D eigenvalue weighted by atomic mass is 9.89. The Kier molecular flexibility index (Phi) is 2.70. The number of hydrogen-bond acceptors (Lipinski definition) is 3. The third-order valence-corrected chi connectivity index (χ3v) is 3.38. The van der Waals surface area contributed by atoms with Crippen molar-refractivity contribution in [3.8, 4) is 11.5 Å². The van der Waals surface area contributed by atoms with E-state index in [1.54, 1.807) is 5.23 Å². The van der Waals surface area contributed by atoms with Crippen LogP contribution in [0.25, 0.3) is 0 Å². The molecule has 1 aliphatic carbocycles. The van der Waals surface area contributed by atoms with Crippen LogP contribution in [-0.2, 0) is 0 Å². The molecule has 2 aliphatic rings. The molecule has 0 N–H and O–H groups in total. The Morgan fingerprint density at radius 2 is 1.62 bits per heavy atom. The minimum atomic E-state index is 0.725. The molecule has 1 aliphatic heterocycles. The van der Waals surface area contributed by atoms with Crippen LogP contribution in [0.4, 0.5) is 0 Å². The molecule has 0 radical (unpaired) electrons. The summed E-state index contributed by atoms with van der Waals surface area (Å²) in [7, 11) is 0. The summed E-state index contributed by atoms with van der Waals surface area (Å²) in [6, 6.07) is 7.81. The first-order valence-electron chi connectivity index (χ1n) is 6.14. The summed E-state index contributed by atoms with van der Waals surface area (Å²) in [6.45, 7) is 0.884. The van der Waals surface area contributed by atoms with Gasteiger partial charge in [-0.3, -0.25) is 0 Å². The van der Waals surface area contributed by atoms with Crippen LogP contribution in [0.2, 0.25) is 0 Å². The van der Waals surface area contributed by atoms with Gasteiger partial charge in [0.1, 0.15) is 0 Å². The molecule has 86 valence electrons. The molecule has 1 aromatic rings. The maximum Gasteiger partial charge on any atom is 0.196 e. The van der Waals surface area contributed by atoms with Crippen molar-refractivity contribution >= 4 is 0 Å². The van der Waals surface area contributed by atoms with Gasteiger partial charge in [0.15, 0.2) is 11.5 Å². The van der Waals surface area contributed by atoms with Gasteiger partial charge in [0, 0.05) is 5.23 Å². The molecule has 16 heavy (non-hydrogen) atoms. The topological polar surface area (TPSA) is 21.7 Å². The average molecular weight is 219 g/mol. The highest BCUT2D eigenvalue weighted by molar-refractivity contribution is 5.40. The maximum absolute atomic E-state index is 5.62. The summed E-state index contributed by atoms with van der Waals surface area (Å²) in [4.78, 5) is 11.2. The molecule has 0 saturated heterocycles. The molecule has 3 heteroatoms. The molecule has 1 fully saturated rings. The molecule has 1 saturated carbocycles. The van der Waals surface area contributed by atoms with Gasteiger partial charge in [0.2, 0.25) is 0 Å². The van der Waals surface area contributed by atoms with Crippen LogP contribution in [0.5, 0.6) is 11.5 Å². The van der Waals surface area contributed by atoms with Crippen molar-refractivity contribution in [3.05, 3.63) is 24.3 Å². The summed E-state index contributed by atoms with van der Waals surface area (Å²) in [5.41, 5.74) is 0. The first kappa shape index (κ1) is 9.97.